The van der Waals surface area contributed by atoms with Gasteiger partial charge in [-0.15, -0.1) is 0 Å². The molecule has 3 rings (SSSR count). The zero-order valence-electron chi connectivity index (χ0n) is 10.1. The fourth-order valence-corrected chi connectivity index (χ4v) is 1.75. The van der Waals surface area contributed by atoms with E-state index in [0.717, 1.165) is 0 Å². The van der Waals surface area contributed by atoms with Crippen LogP contribution in [-0.2, 0) is 0 Å². The van der Waals surface area contributed by atoms with E-state index in [1.54, 1.807) is 18.5 Å². The molecule has 0 bridgehead atoms. The van der Waals surface area contributed by atoms with Gasteiger partial charge in [-0.25, -0.2) is 9.50 Å². The van der Waals surface area contributed by atoms with Crippen molar-refractivity contribution < 1.29 is 9.59 Å². The van der Waals surface area contributed by atoms with Crippen molar-refractivity contribution >= 4 is 23.1 Å². The number of H-pyrrole nitrogens is 1. The molecule has 9 heteroatoms. The molecule has 0 fully saturated rings. The first kappa shape index (κ1) is 11.8. The third kappa shape index (κ3) is 1.86. The molecular formula is C11H9N7O2. The molecule has 0 aliphatic rings. The Hall–Kier alpha value is -3.23. The number of nitrogens with zero attached hydrogens (tertiary/aromatic N) is 4. The summed E-state index contributed by atoms with van der Waals surface area (Å²) in [5, 5.41) is 12.7. The molecule has 0 unspecified atom stereocenters. The SMILES string of the molecule is NC(=O)c1n[nH]cc1NC(=O)c1cnn2cccnc12. The average Bonchev–Trinajstić information content (AvgIpc) is 3.04. The van der Waals surface area contributed by atoms with Crippen molar-refractivity contribution in [1.29, 1.82) is 0 Å². The fraction of sp³-hybridized carbons (Fsp3) is 0. The number of carbonyl (C=O) groups is 2. The second-order valence-electron chi connectivity index (χ2n) is 3.91. The summed E-state index contributed by atoms with van der Waals surface area (Å²) in [6.07, 6.45) is 5.99. The van der Waals surface area contributed by atoms with Gasteiger partial charge >= 0.3 is 0 Å². The molecule has 0 saturated heterocycles. The van der Waals surface area contributed by atoms with Crippen LogP contribution in [0.5, 0.6) is 0 Å². The van der Waals surface area contributed by atoms with Gasteiger partial charge in [0.25, 0.3) is 11.8 Å². The minimum Gasteiger partial charge on any atom is -0.364 e. The van der Waals surface area contributed by atoms with E-state index in [0.29, 0.717) is 5.65 Å². The number of hydrogen-bond acceptors (Lipinski definition) is 5. The molecule has 3 heterocycles. The molecule has 4 N–H and O–H groups in total. The van der Waals surface area contributed by atoms with E-state index in [2.05, 4.69) is 25.6 Å². The largest absolute Gasteiger partial charge is 0.364 e. The molecule has 3 aromatic rings. The minimum atomic E-state index is -0.737. The predicted molar refractivity (Wildman–Crippen MR) is 68.0 cm³/mol. The molecule has 9 nitrogen and oxygen atoms in total. The van der Waals surface area contributed by atoms with Gasteiger partial charge in [0, 0.05) is 18.6 Å². The highest BCUT2D eigenvalue weighted by Gasteiger charge is 2.18. The van der Waals surface area contributed by atoms with Crippen molar-refractivity contribution in [3.05, 3.63) is 42.1 Å². The number of aromatic nitrogens is 5. The number of hydrogen-bond donors (Lipinski definition) is 3. The smallest absolute Gasteiger partial charge is 0.271 e. The van der Waals surface area contributed by atoms with Crippen LogP contribution >= 0.6 is 0 Å². The van der Waals surface area contributed by atoms with E-state index in [1.807, 2.05) is 0 Å². The Morgan fingerprint density at radius 1 is 1.40 bits per heavy atom. The summed E-state index contributed by atoms with van der Waals surface area (Å²) < 4.78 is 1.47. The zero-order chi connectivity index (χ0) is 14.1. The van der Waals surface area contributed by atoms with Gasteiger partial charge in [0.15, 0.2) is 11.3 Å². The lowest BCUT2D eigenvalue weighted by Gasteiger charge is -2.01. The lowest BCUT2D eigenvalue weighted by atomic mass is 10.3. The normalized spacial score (nSPS) is 10.6. The molecule has 0 aromatic carbocycles. The molecule has 0 saturated carbocycles. The van der Waals surface area contributed by atoms with Gasteiger partial charge in [0.2, 0.25) is 0 Å². The number of aromatic amines is 1. The first-order valence-corrected chi connectivity index (χ1v) is 5.60. The number of anilines is 1. The summed E-state index contributed by atoms with van der Waals surface area (Å²) in [5.74, 6) is -1.19. The van der Waals surface area contributed by atoms with Crippen molar-refractivity contribution in [3.63, 3.8) is 0 Å². The Morgan fingerprint density at radius 2 is 2.25 bits per heavy atom. The first-order valence-electron chi connectivity index (χ1n) is 5.60. The second kappa shape index (κ2) is 4.46. The van der Waals surface area contributed by atoms with Crippen molar-refractivity contribution in [2.24, 2.45) is 5.73 Å². The summed E-state index contributed by atoms with van der Waals surface area (Å²) in [7, 11) is 0. The molecule has 100 valence electrons. The second-order valence-corrected chi connectivity index (χ2v) is 3.91. The van der Waals surface area contributed by atoms with Crippen LogP contribution in [-0.4, -0.2) is 36.6 Å². The molecule has 3 aromatic heterocycles. The van der Waals surface area contributed by atoms with Gasteiger partial charge < -0.3 is 11.1 Å². The number of nitrogens with two attached hydrogens (primary N) is 1. The maximum absolute atomic E-state index is 12.2. The van der Waals surface area contributed by atoms with Crippen LogP contribution in [0.4, 0.5) is 5.69 Å². The van der Waals surface area contributed by atoms with Crippen molar-refractivity contribution in [2.45, 2.75) is 0 Å². The quantitative estimate of drug-likeness (QED) is 0.607. The van der Waals surface area contributed by atoms with Crippen LogP contribution in [0.15, 0.2) is 30.9 Å². The molecule has 20 heavy (non-hydrogen) atoms. The van der Waals surface area contributed by atoms with E-state index < -0.39 is 11.8 Å². The van der Waals surface area contributed by atoms with Crippen molar-refractivity contribution in [2.75, 3.05) is 5.32 Å². The average molecular weight is 271 g/mol. The number of carbonyl (C=O) groups excluding carboxylic acids is 2. The van der Waals surface area contributed by atoms with Gasteiger partial charge in [0.05, 0.1) is 11.9 Å². The Kier molecular flexibility index (Phi) is 2.64. The van der Waals surface area contributed by atoms with Crippen LogP contribution < -0.4 is 11.1 Å². The van der Waals surface area contributed by atoms with E-state index in [1.165, 1.54) is 16.9 Å². The molecule has 0 atom stereocenters. The Bertz CT molecular complexity index is 804. The topological polar surface area (TPSA) is 131 Å². The lowest BCUT2D eigenvalue weighted by Crippen LogP contribution is -2.17. The number of amides is 2. The molecular weight excluding hydrogens is 262 g/mol. The first-order chi connectivity index (χ1) is 9.66. The van der Waals surface area contributed by atoms with Gasteiger partial charge in [-0.2, -0.15) is 10.2 Å². The van der Waals surface area contributed by atoms with Gasteiger partial charge in [0.1, 0.15) is 5.56 Å². The Labute approximate surface area is 111 Å². The molecule has 0 radical (unpaired) electrons. The monoisotopic (exact) mass is 271 g/mol. The molecule has 2 amide bonds. The van der Waals surface area contributed by atoms with Crippen LogP contribution in [0.25, 0.3) is 5.65 Å². The van der Waals surface area contributed by atoms with Crippen LogP contribution in [0.3, 0.4) is 0 Å². The number of primary amides is 1. The highest BCUT2D eigenvalue weighted by atomic mass is 16.2. The summed E-state index contributed by atoms with van der Waals surface area (Å²) in [6, 6.07) is 1.70. The number of nitrogens with one attached hydrogen (secondary N) is 2. The summed E-state index contributed by atoms with van der Waals surface area (Å²) in [6.45, 7) is 0. The zero-order valence-corrected chi connectivity index (χ0v) is 10.1. The summed E-state index contributed by atoms with van der Waals surface area (Å²) in [4.78, 5) is 27.4. The fourth-order valence-electron chi connectivity index (χ4n) is 1.75. The minimum absolute atomic E-state index is 0.0391. The molecule has 0 aliphatic carbocycles. The standard InChI is InChI=1S/C11H9N7O2/c12-9(19)8-7(5-14-17-8)16-11(20)6-4-15-18-3-1-2-13-10(6)18/h1-5H,(H2,12,19)(H,14,17)(H,16,20). The summed E-state index contributed by atoms with van der Waals surface area (Å²) in [5.41, 5.74) is 6.00. The van der Waals surface area contributed by atoms with Crippen molar-refractivity contribution in [1.82, 2.24) is 24.8 Å². The predicted octanol–water partition coefficient (Wildman–Crippen LogP) is -0.196. The molecule has 0 spiro atoms. The van der Waals surface area contributed by atoms with Gasteiger partial charge in [-0.1, -0.05) is 0 Å². The lowest BCUT2D eigenvalue weighted by molar-refractivity contribution is 0.0996. The maximum Gasteiger partial charge on any atom is 0.271 e. The number of fused-ring (bicyclic) bond motifs is 1. The Morgan fingerprint density at radius 3 is 3.05 bits per heavy atom. The highest BCUT2D eigenvalue weighted by molar-refractivity contribution is 6.10. The Balaban J connectivity index is 1.93. The highest BCUT2D eigenvalue weighted by Crippen LogP contribution is 2.14. The maximum atomic E-state index is 12.2. The van der Waals surface area contributed by atoms with Crippen LogP contribution in [0, 0.1) is 0 Å². The third-order valence-corrected chi connectivity index (χ3v) is 2.65. The van der Waals surface area contributed by atoms with E-state index in [9.17, 15) is 9.59 Å². The van der Waals surface area contributed by atoms with Gasteiger partial charge in [-0.05, 0) is 6.07 Å². The van der Waals surface area contributed by atoms with Crippen LogP contribution in [0.2, 0.25) is 0 Å². The van der Waals surface area contributed by atoms with Gasteiger partial charge in [-0.3, -0.25) is 14.7 Å². The third-order valence-electron chi connectivity index (χ3n) is 2.65. The number of rotatable bonds is 3. The van der Waals surface area contributed by atoms with E-state index in [4.69, 9.17) is 5.73 Å². The van der Waals surface area contributed by atoms with E-state index in [-0.39, 0.29) is 16.9 Å². The van der Waals surface area contributed by atoms with Crippen molar-refractivity contribution in [3.8, 4) is 0 Å². The summed E-state index contributed by atoms with van der Waals surface area (Å²) >= 11 is 0. The molecule has 0 aliphatic heterocycles. The van der Waals surface area contributed by atoms with Crippen LogP contribution in [0.1, 0.15) is 20.8 Å². The van der Waals surface area contributed by atoms with E-state index >= 15 is 0 Å².